The topological polar surface area (TPSA) is 127 Å². The smallest absolute Gasteiger partial charge is 0.232 e. The molecule has 0 aliphatic heterocycles. The molecule has 0 fully saturated rings. The average Bonchev–Trinajstić information content (AvgIpc) is 1.62. The molecule has 0 aliphatic carbocycles. The summed E-state index contributed by atoms with van der Waals surface area (Å²) in [5, 5.41) is 19.8. The van der Waals surface area contributed by atoms with Gasteiger partial charge in [-0.1, -0.05) is 0 Å². The molecule has 0 aromatic rings. The Bertz CT molecular complexity index is 202. The molecule has 0 unspecified atom stereocenters. The monoisotopic (exact) mass is 157 g/mol. The summed E-state index contributed by atoms with van der Waals surface area (Å²) in [5.74, 6) is 0. The van der Waals surface area contributed by atoms with E-state index in [9.17, 15) is 18.5 Å². The second-order valence-corrected chi connectivity index (χ2v) is 2.36. The van der Waals surface area contributed by atoms with E-state index in [1.165, 1.54) is 0 Å². The minimum Gasteiger partial charge on any atom is -0.232 e. The molecular weight excluding hydrogens is 154 g/mol. The molecule has 0 heterocycles. The first-order valence-corrected chi connectivity index (χ1v) is 3.02. The van der Waals surface area contributed by atoms with Gasteiger partial charge in [-0.25, -0.2) is 20.5 Å². The Kier molecular flexibility index (Phi) is 1.91. The standard InChI is InChI=1S/H3N3O5S/c1-9(7,8)3(6)2(4)5/h6H,(H2,1,7,8). The molecule has 8 nitrogen and oxygen atoms in total. The highest BCUT2D eigenvalue weighted by molar-refractivity contribution is 7.86. The van der Waals surface area contributed by atoms with Crippen molar-refractivity contribution in [3.63, 3.8) is 0 Å². The van der Waals surface area contributed by atoms with Crippen molar-refractivity contribution in [2.45, 2.75) is 0 Å². The van der Waals surface area contributed by atoms with E-state index in [4.69, 9.17) is 5.21 Å². The van der Waals surface area contributed by atoms with Gasteiger partial charge in [0.05, 0.1) is 0 Å². The predicted octanol–water partition coefficient (Wildman–Crippen LogP) is -1.93. The highest BCUT2D eigenvalue weighted by Crippen LogP contribution is 1.85. The van der Waals surface area contributed by atoms with Crippen molar-refractivity contribution in [2.75, 3.05) is 0 Å². The van der Waals surface area contributed by atoms with Crippen molar-refractivity contribution in [1.82, 2.24) is 4.58 Å². The fourth-order valence-corrected chi connectivity index (χ4v) is 0.279. The Hall–Kier alpha value is -0.930. The van der Waals surface area contributed by atoms with E-state index in [0.717, 1.165) is 0 Å². The Morgan fingerprint density at radius 2 is 2.00 bits per heavy atom. The first-order chi connectivity index (χ1) is 3.85. The van der Waals surface area contributed by atoms with Crippen LogP contribution in [0.4, 0.5) is 0 Å². The van der Waals surface area contributed by atoms with Crippen molar-refractivity contribution < 1.29 is 18.7 Å². The number of hydrogen-bond donors (Lipinski definition) is 2. The summed E-state index contributed by atoms with van der Waals surface area (Å²) in [4.78, 5) is 9.37. The van der Waals surface area contributed by atoms with Crippen LogP contribution in [-0.2, 0) is 10.2 Å². The number of nitrogens with zero attached hydrogens (tertiary/aromatic N) is 2. The second kappa shape index (κ2) is 2.13. The quantitative estimate of drug-likeness (QED) is 0.356. The molecule has 0 aromatic heterocycles. The molecule has 9 heavy (non-hydrogen) atoms. The zero-order valence-electron chi connectivity index (χ0n) is 3.96. The van der Waals surface area contributed by atoms with Crippen molar-refractivity contribution in [3.8, 4) is 0 Å². The molecule has 0 bridgehead atoms. The van der Waals surface area contributed by atoms with E-state index < -0.39 is 19.8 Å². The number of hydrogen-bond acceptors (Lipinski definition) is 5. The molecule has 9 heteroatoms. The van der Waals surface area contributed by atoms with Crippen LogP contribution in [-0.4, -0.2) is 23.2 Å². The van der Waals surface area contributed by atoms with Gasteiger partial charge >= 0.3 is 10.2 Å². The molecule has 0 atom stereocenters. The first kappa shape index (κ1) is 8.07. The highest BCUT2D eigenvalue weighted by atomic mass is 32.2. The molecule has 0 spiro atoms. The van der Waals surface area contributed by atoms with Gasteiger partial charge in [0.15, 0.2) is 0 Å². The van der Waals surface area contributed by atoms with Gasteiger partial charge in [0.1, 0.15) is 4.58 Å². The third-order valence-corrected chi connectivity index (χ3v) is 0.956. The maximum absolute atomic E-state index is 9.78. The third kappa shape index (κ3) is 2.21. The van der Waals surface area contributed by atoms with Gasteiger partial charge < -0.3 is 0 Å². The first-order valence-electron chi connectivity index (χ1n) is 1.52. The lowest BCUT2D eigenvalue weighted by molar-refractivity contribution is -0.688. The molecule has 54 valence electrons. The Balaban J connectivity index is 4.43. The summed E-state index contributed by atoms with van der Waals surface area (Å²) in [6.45, 7) is 0. The summed E-state index contributed by atoms with van der Waals surface area (Å²) >= 11 is 0. The van der Waals surface area contributed by atoms with Crippen LogP contribution in [0.2, 0.25) is 0 Å². The number of nitro groups is 1. The number of rotatable bonds is 2. The molecule has 0 rings (SSSR count). The fraction of sp³-hybridized carbons (Fsp3) is 0. The van der Waals surface area contributed by atoms with Crippen molar-refractivity contribution in [2.24, 2.45) is 5.14 Å². The molecule has 0 aliphatic rings. The van der Waals surface area contributed by atoms with E-state index in [2.05, 4.69) is 5.14 Å². The highest BCUT2D eigenvalue weighted by Gasteiger charge is 2.23. The predicted molar refractivity (Wildman–Crippen MR) is 23.7 cm³/mol. The van der Waals surface area contributed by atoms with E-state index >= 15 is 0 Å². The van der Waals surface area contributed by atoms with Crippen LogP contribution in [0.3, 0.4) is 0 Å². The van der Waals surface area contributed by atoms with Crippen LogP contribution in [0.15, 0.2) is 0 Å². The average molecular weight is 157 g/mol. The van der Waals surface area contributed by atoms with Crippen LogP contribution in [0.25, 0.3) is 0 Å². The zero-order valence-corrected chi connectivity index (χ0v) is 4.78. The largest absolute Gasteiger partial charge is 0.376 e. The van der Waals surface area contributed by atoms with Gasteiger partial charge in [-0.3, -0.25) is 0 Å². The Labute approximate surface area is 49.7 Å². The lowest BCUT2D eigenvalue weighted by atomic mass is 12.6. The lowest BCUT2D eigenvalue weighted by Crippen LogP contribution is -2.38. The SMILES string of the molecule is NS(=O)(=O)N(O)[N+](=O)[O-]. The Morgan fingerprint density at radius 1 is 1.67 bits per heavy atom. The van der Waals surface area contributed by atoms with Crippen molar-refractivity contribution in [1.29, 1.82) is 0 Å². The molecular formula is H3N3O5S. The zero-order chi connectivity index (χ0) is 7.65. The summed E-state index contributed by atoms with van der Waals surface area (Å²) < 4.78 is 18.4. The van der Waals surface area contributed by atoms with E-state index in [1.54, 1.807) is 0 Å². The summed E-state index contributed by atoms with van der Waals surface area (Å²) in [7, 11) is -4.61. The van der Waals surface area contributed by atoms with E-state index in [1.807, 2.05) is 0 Å². The summed E-state index contributed by atoms with van der Waals surface area (Å²) in [5.41, 5.74) is 0. The van der Waals surface area contributed by atoms with Gasteiger partial charge in [-0.05, 0) is 0 Å². The fourth-order valence-electron chi connectivity index (χ4n) is 0.0929. The maximum Gasteiger partial charge on any atom is 0.376 e. The van der Waals surface area contributed by atoms with E-state index in [0.29, 0.717) is 0 Å². The van der Waals surface area contributed by atoms with E-state index in [-0.39, 0.29) is 0 Å². The molecule has 0 saturated carbocycles. The number of hydrazine groups is 1. The Morgan fingerprint density at radius 3 is 2.00 bits per heavy atom. The minimum atomic E-state index is -4.61. The third-order valence-electron chi connectivity index (χ3n) is 0.367. The van der Waals surface area contributed by atoms with Crippen LogP contribution >= 0.6 is 0 Å². The maximum atomic E-state index is 9.78. The minimum absolute atomic E-state index is 1.17. The van der Waals surface area contributed by atoms with Crippen LogP contribution in [0.5, 0.6) is 0 Å². The van der Waals surface area contributed by atoms with Crippen molar-refractivity contribution in [3.05, 3.63) is 10.1 Å². The van der Waals surface area contributed by atoms with Crippen LogP contribution in [0, 0.1) is 10.1 Å². The molecule has 0 aromatic carbocycles. The van der Waals surface area contributed by atoms with Crippen LogP contribution < -0.4 is 5.14 Å². The van der Waals surface area contributed by atoms with Gasteiger partial charge in [-0.2, -0.15) is 8.42 Å². The lowest BCUT2D eigenvalue weighted by Gasteiger charge is -1.98. The normalized spacial score (nSPS) is 10.9. The second-order valence-electron chi connectivity index (χ2n) is 1.01. The molecule has 3 N–H and O–H groups in total. The van der Waals surface area contributed by atoms with Crippen molar-refractivity contribution >= 4 is 10.2 Å². The van der Waals surface area contributed by atoms with Gasteiger partial charge in [0, 0.05) is 0 Å². The van der Waals surface area contributed by atoms with Gasteiger partial charge in [0.25, 0.3) is 0 Å². The summed E-state index contributed by atoms with van der Waals surface area (Å²) in [6, 6.07) is 0. The molecule has 0 amide bonds. The van der Waals surface area contributed by atoms with Gasteiger partial charge in [0.2, 0.25) is 5.03 Å². The number of nitrogens with two attached hydrogens (primary N) is 1. The molecule has 0 radical (unpaired) electrons. The van der Waals surface area contributed by atoms with Gasteiger partial charge in [-0.15, -0.1) is 0 Å². The summed E-state index contributed by atoms with van der Waals surface area (Å²) in [6.07, 6.45) is 0. The molecule has 0 saturated heterocycles. The van der Waals surface area contributed by atoms with Crippen LogP contribution in [0.1, 0.15) is 0 Å².